The molecule has 3 aromatic rings. The van der Waals surface area contributed by atoms with Gasteiger partial charge in [-0.25, -0.2) is 14.3 Å². The largest absolute Gasteiger partial charge is 0.492 e. The number of benzene rings is 1. The summed E-state index contributed by atoms with van der Waals surface area (Å²) in [6, 6.07) is 7.49. The van der Waals surface area contributed by atoms with Crippen molar-refractivity contribution in [1.82, 2.24) is 19.3 Å². The average molecular weight is 284 g/mol. The molecule has 8 nitrogen and oxygen atoms in total. The Hall–Kier alpha value is -2.90. The maximum atomic E-state index is 12.1. The van der Waals surface area contributed by atoms with E-state index in [1.165, 1.54) is 9.36 Å². The van der Waals surface area contributed by atoms with Crippen molar-refractivity contribution in [2.45, 2.75) is 19.5 Å². The molecule has 0 aliphatic carbocycles. The van der Waals surface area contributed by atoms with Crippen molar-refractivity contribution in [3.05, 3.63) is 34.6 Å². The third-order valence-electron chi connectivity index (χ3n) is 3.55. The highest BCUT2D eigenvalue weighted by Gasteiger charge is 2.22. The van der Waals surface area contributed by atoms with E-state index in [1.54, 1.807) is 0 Å². The first kappa shape index (κ1) is 11.9. The molecule has 3 heterocycles. The smallest absolute Gasteiger partial charge is 0.298 e. The Morgan fingerprint density at radius 2 is 2.00 bits per heavy atom. The summed E-state index contributed by atoms with van der Waals surface area (Å²) in [6.07, 6.45) is 0.837. The molecule has 2 N–H and O–H groups in total. The van der Waals surface area contributed by atoms with Gasteiger partial charge in [-0.05, 0) is 18.6 Å². The van der Waals surface area contributed by atoms with E-state index in [9.17, 15) is 9.90 Å². The summed E-state index contributed by atoms with van der Waals surface area (Å²) < 4.78 is 3.00. The van der Waals surface area contributed by atoms with Gasteiger partial charge in [0.15, 0.2) is 0 Å². The summed E-state index contributed by atoms with van der Waals surface area (Å²) >= 11 is 0. The van der Waals surface area contributed by atoms with Crippen LogP contribution in [0.4, 0.5) is 11.6 Å². The molecule has 0 spiro atoms. The molecule has 0 unspecified atom stereocenters. The first-order valence-electron chi connectivity index (χ1n) is 6.63. The first-order chi connectivity index (χ1) is 10.2. The molecule has 0 radical (unpaired) electrons. The number of azo groups is 1. The number of hydrogen-bond acceptors (Lipinski definition) is 5. The molecule has 0 saturated heterocycles. The van der Waals surface area contributed by atoms with Gasteiger partial charge in [-0.1, -0.05) is 12.1 Å². The van der Waals surface area contributed by atoms with Crippen LogP contribution in [0.5, 0.6) is 5.88 Å². The summed E-state index contributed by atoms with van der Waals surface area (Å²) in [6.45, 7) is 1.20. The lowest BCUT2D eigenvalue weighted by atomic mass is 10.3. The molecule has 1 aromatic carbocycles. The molecule has 1 aliphatic rings. The second kappa shape index (κ2) is 4.30. The second-order valence-corrected chi connectivity index (χ2v) is 4.85. The van der Waals surface area contributed by atoms with Crippen LogP contribution in [-0.4, -0.2) is 24.4 Å². The van der Waals surface area contributed by atoms with Crippen LogP contribution in [0.1, 0.15) is 6.42 Å². The quantitative estimate of drug-likeness (QED) is 0.704. The van der Waals surface area contributed by atoms with Crippen LogP contribution in [-0.2, 0) is 13.1 Å². The molecule has 0 amide bonds. The summed E-state index contributed by atoms with van der Waals surface area (Å²) in [7, 11) is 0. The Balaban J connectivity index is 1.74. The number of imidazole rings is 1. The maximum Gasteiger partial charge on any atom is 0.298 e. The van der Waals surface area contributed by atoms with E-state index in [0.29, 0.717) is 19.0 Å². The molecule has 21 heavy (non-hydrogen) atoms. The van der Waals surface area contributed by atoms with Crippen LogP contribution < -0.4 is 5.56 Å². The molecular weight excluding hydrogens is 272 g/mol. The van der Waals surface area contributed by atoms with Crippen molar-refractivity contribution in [3.8, 4) is 5.88 Å². The van der Waals surface area contributed by atoms with Crippen molar-refractivity contribution in [2.75, 3.05) is 0 Å². The Labute approximate surface area is 118 Å². The molecule has 0 fully saturated rings. The fourth-order valence-electron chi connectivity index (χ4n) is 2.55. The second-order valence-electron chi connectivity index (χ2n) is 4.85. The van der Waals surface area contributed by atoms with E-state index in [4.69, 9.17) is 0 Å². The van der Waals surface area contributed by atoms with Gasteiger partial charge in [0.2, 0.25) is 17.5 Å². The Bertz CT molecular complexity index is 884. The van der Waals surface area contributed by atoms with Gasteiger partial charge in [0, 0.05) is 13.1 Å². The van der Waals surface area contributed by atoms with Gasteiger partial charge < -0.3 is 10.1 Å². The number of aromatic amines is 1. The zero-order valence-corrected chi connectivity index (χ0v) is 11.0. The molecule has 1 aliphatic heterocycles. The van der Waals surface area contributed by atoms with Gasteiger partial charge in [0.25, 0.3) is 5.56 Å². The summed E-state index contributed by atoms with van der Waals surface area (Å²) in [5.74, 6) is 0.156. The number of hydrogen-bond donors (Lipinski definition) is 2. The number of rotatable bonds is 2. The van der Waals surface area contributed by atoms with Gasteiger partial charge in [0.05, 0.1) is 11.0 Å². The van der Waals surface area contributed by atoms with E-state index in [-0.39, 0.29) is 17.1 Å². The van der Waals surface area contributed by atoms with E-state index in [2.05, 4.69) is 20.2 Å². The molecule has 106 valence electrons. The van der Waals surface area contributed by atoms with Gasteiger partial charge in [-0.3, -0.25) is 4.79 Å². The number of nitrogens with one attached hydrogen (secondary N) is 1. The Morgan fingerprint density at radius 3 is 2.81 bits per heavy atom. The minimum atomic E-state index is -0.329. The van der Waals surface area contributed by atoms with Gasteiger partial charge in [0.1, 0.15) is 0 Å². The van der Waals surface area contributed by atoms with Crippen LogP contribution in [0.3, 0.4) is 0 Å². The molecule has 8 heteroatoms. The van der Waals surface area contributed by atoms with Crippen LogP contribution in [0.15, 0.2) is 39.3 Å². The van der Waals surface area contributed by atoms with Crippen molar-refractivity contribution in [1.29, 1.82) is 0 Å². The van der Waals surface area contributed by atoms with Gasteiger partial charge in [-0.15, -0.1) is 10.2 Å². The minimum Gasteiger partial charge on any atom is -0.492 e. The standard InChI is InChI=1S/C13H12N6O2/c20-11-10(12(21)19-7-3-6-18(11)19)16-17-13-14-8-4-1-2-5-9(8)15-13/h1-2,4-5,20H,3,6-7H2,(H,14,15). The van der Waals surface area contributed by atoms with Crippen molar-refractivity contribution in [2.24, 2.45) is 10.2 Å². The molecule has 0 atom stereocenters. The van der Waals surface area contributed by atoms with E-state index >= 15 is 0 Å². The van der Waals surface area contributed by atoms with Crippen LogP contribution >= 0.6 is 0 Å². The number of nitrogens with zero attached hydrogens (tertiary/aromatic N) is 5. The summed E-state index contributed by atoms with van der Waals surface area (Å²) in [5, 5.41) is 17.8. The number of para-hydroxylation sites is 2. The summed E-state index contributed by atoms with van der Waals surface area (Å²) in [4.78, 5) is 19.3. The zero-order valence-electron chi connectivity index (χ0n) is 11.0. The van der Waals surface area contributed by atoms with Crippen molar-refractivity contribution >= 4 is 22.7 Å². The minimum absolute atomic E-state index is 0.0462. The third-order valence-corrected chi connectivity index (χ3v) is 3.55. The number of aromatic nitrogens is 4. The predicted molar refractivity (Wildman–Crippen MR) is 75.2 cm³/mol. The van der Waals surface area contributed by atoms with Crippen molar-refractivity contribution in [3.63, 3.8) is 0 Å². The molecular formula is C13H12N6O2. The highest BCUT2D eigenvalue weighted by atomic mass is 16.3. The lowest BCUT2D eigenvalue weighted by Crippen LogP contribution is -2.16. The van der Waals surface area contributed by atoms with E-state index in [1.807, 2.05) is 24.3 Å². The monoisotopic (exact) mass is 284 g/mol. The first-order valence-corrected chi connectivity index (χ1v) is 6.63. The highest BCUT2D eigenvalue weighted by molar-refractivity contribution is 5.76. The topological polar surface area (TPSA) is 101 Å². The van der Waals surface area contributed by atoms with Crippen LogP contribution in [0.25, 0.3) is 11.0 Å². The molecule has 0 saturated carbocycles. The van der Waals surface area contributed by atoms with Gasteiger partial charge >= 0.3 is 0 Å². The Morgan fingerprint density at radius 1 is 1.19 bits per heavy atom. The predicted octanol–water partition coefficient (Wildman–Crippen LogP) is 2.05. The SMILES string of the molecule is O=c1c(N=Nc2nc3ccccc3[nH]2)c(O)n2n1CCC2. The molecule has 4 rings (SSSR count). The van der Waals surface area contributed by atoms with E-state index in [0.717, 1.165) is 17.5 Å². The van der Waals surface area contributed by atoms with Gasteiger partial charge in [-0.2, -0.15) is 0 Å². The lowest BCUT2D eigenvalue weighted by molar-refractivity contribution is 0.399. The molecule has 2 aromatic heterocycles. The maximum absolute atomic E-state index is 12.1. The Kier molecular flexibility index (Phi) is 2.44. The normalized spacial score (nSPS) is 14.3. The number of fused-ring (bicyclic) bond motifs is 2. The van der Waals surface area contributed by atoms with Crippen molar-refractivity contribution < 1.29 is 5.11 Å². The van der Waals surface area contributed by atoms with Crippen LogP contribution in [0, 0.1) is 0 Å². The summed E-state index contributed by atoms with van der Waals surface area (Å²) in [5.41, 5.74) is 1.23. The number of aromatic hydroxyl groups is 1. The molecule has 0 bridgehead atoms. The fourth-order valence-corrected chi connectivity index (χ4v) is 2.55. The number of H-pyrrole nitrogens is 1. The highest BCUT2D eigenvalue weighted by Crippen LogP contribution is 2.27. The van der Waals surface area contributed by atoms with E-state index < -0.39 is 0 Å². The van der Waals surface area contributed by atoms with Crippen LogP contribution in [0.2, 0.25) is 0 Å². The fraction of sp³-hybridized carbons (Fsp3) is 0.231. The average Bonchev–Trinajstić information content (AvgIpc) is 3.16. The lowest BCUT2D eigenvalue weighted by Gasteiger charge is -1.97. The third kappa shape index (κ3) is 1.76. The zero-order chi connectivity index (χ0) is 14.4.